The van der Waals surface area contributed by atoms with Crippen LogP contribution in [0.4, 0.5) is 0 Å². The van der Waals surface area contributed by atoms with Gasteiger partial charge in [-0.3, -0.25) is 4.79 Å². The molecule has 0 radical (unpaired) electrons. The minimum absolute atomic E-state index is 0.0448. The van der Waals surface area contributed by atoms with Crippen molar-refractivity contribution in [2.45, 2.75) is 53.2 Å². The van der Waals surface area contributed by atoms with Crippen LogP contribution in [-0.4, -0.2) is 29.9 Å². The number of hydrogen-bond donors (Lipinski definition) is 0. The summed E-state index contributed by atoms with van der Waals surface area (Å²) in [6, 6.07) is 0. The molecule has 0 amide bonds. The molecule has 0 fully saturated rings. The Morgan fingerprint density at radius 2 is 1.96 bits per heavy atom. The van der Waals surface area contributed by atoms with Crippen LogP contribution in [0.1, 0.15) is 41.0 Å². The zero-order valence-electron chi connectivity index (χ0n) is 15.1. The zero-order chi connectivity index (χ0) is 18.5. The molecule has 0 N–H and O–H groups in total. The van der Waals surface area contributed by atoms with Crippen LogP contribution in [0.2, 0.25) is 0 Å². The van der Waals surface area contributed by atoms with Gasteiger partial charge in [0.15, 0.2) is 5.78 Å². The molecule has 5 nitrogen and oxygen atoms in total. The summed E-state index contributed by atoms with van der Waals surface area (Å²) in [7, 11) is 0. The van der Waals surface area contributed by atoms with Crippen LogP contribution in [0, 0.1) is 5.92 Å². The van der Waals surface area contributed by atoms with Crippen LogP contribution in [0.15, 0.2) is 45.6 Å². The van der Waals surface area contributed by atoms with Crippen LogP contribution < -0.4 is 0 Å². The van der Waals surface area contributed by atoms with Gasteiger partial charge in [0.05, 0.1) is 5.92 Å². The molecule has 1 aliphatic heterocycles. The fraction of sp³-hybridized carbons (Fsp3) is 0.450. The lowest BCUT2D eigenvalue weighted by Crippen LogP contribution is -2.30. The molecule has 3 rings (SSSR count). The molecule has 3 aliphatic rings. The standard InChI is InChI=1S/C20H22O5/c1-6-9(2)19(22)24-14-8-11(4)15-13(21)7-10(3)16(15)18-17(14)12(5)20(23)25-18/h6-7,14,16,18H,8H2,1-5H3/b9-6-/t14-,16-,18+/m1/s1. The van der Waals surface area contributed by atoms with E-state index >= 15 is 0 Å². The topological polar surface area (TPSA) is 69.7 Å². The molecular formula is C20H22O5. The first-order valence-electron chi connectivity index (χ1n) is 8.44. The van der Waals surface area contributed by atoms with Crippen molar-refractivity contribution in [1.82, 2.24) is 0 Å². The highest BCUT2D eigenvalue weighted by Gasteiger charge is 2.49. The van der Waals surface area contributed by atoms with Crippen LogP contribution in [0.5, 0.6) is 0 Å². The van der Waals surface area contributed by atoms with Crippen molar-refractivity contribution in [3.63, 3.8) is 0 Å². The van der Waals surface area contributed by atoms with Gasteiger partial charge in [-0.15, -0.1) is 0 Å². The number of ether oxygens (including phenoxy) is 2. The smallest absolute Gasteiger partial charge is 0.334 e. The minimum atomic E-state index is -0.599. The van der Waals surface area contributed by atoms with Gasteiger partial charge in [-0.2, -0.15) is 0 Å². The molecule has 0 saturated heterocycles. The molecule has 1 heterocycles. The minimum Gasteiger partial charge on any atom is -0.454 e. The first-order valence-corrected chi connectivity index (χ1v) is 8.44. The molecule has 25 heavy (non-hydrogen) atoms. The molecule has 3 atom stereocenters. The van der Waals surface area contributed by atoms with Crippen molar-refractivity contribution in [1.29, 1.82) is 0 Å². The summed E-state index contributed by atoms with van der Waals surface area (Å²) in [5.41, 5.74) is 4.09. The van der Waals surface area contributed by atoms with E-state index in [4.69, 9.17) is 9.47 Å². The van der Waals surface area contributed by atoms with E-state index in [2.05, 4.69) is 0 Å². The number of hydrogen-bond acceptors (Lipinski definition) is 5. The molecule has 132 valence electrons. The number of esters is 2. The fourth-order valence-electron chi connectivity index (χ4n) is 3.84. The summed E-state index contributed by atoms with van der Waals surface area (Å²) in [5, 5.41) is 0. The lowest BCUT2D eigenvalue weighted by molar-refractivity contribution is -0.143. The highest BCUT2D eigenvalue weighted by Crippen LogP contribution is 2.46. The van der Waals surface area contributed by atoms with Gasteiger partial charge in [-0.25, -0.2) is 9.59 Å². The Balaban J connectivity index is 2.08. The molecule has 5 heteroatoms. The lowest BCUT2D eigenvalue weighted by atomic mass is 9.86. The largest absolute Gasteiger partial charge is 0.454 e. The van der Waals surface area contributed by atoms with E-state index in [9.17, 15) is 14.4 Å². The van der Waals surface area contributed by atoms with E-state index in [0.29, 0.717) is 28.7 Å². The van der Waals surface area contributed by atoms with E-state index < -0.39 is 24.1 Å². The maximum Gasteiger partial charge on any atom is 0.334 e. The fourth-order valence-corrected chi connectivity index (χ4v) is 3.84. The summed E-state index contributed by atoms with van der Waals surface area (Å²) >= 11 is 0. The summed E-state index contributed by atoms with van der Waals surface area (Å²) in [4.78, 5) is 36.9. The summed E-state index contributed by atoms with van der Waals surface area (Å²) < 4.78 is 11.3. The van der Waals surface area contributed by atoms with Gasteiger partial charge in [-0.1, -0.05) is 17.2 Å². The quantitative estimate of drug-likeness (QED) is 0.570. The zero-order valence-corrected chi connectivity index (χ0v) is 15.1. The normalized spacial score (nSPS) is 29.2. The van der Waals surface area contributed by atoms with Crippen LogP contribution in [0.25, 0.3) is 0 Å². The van der Waals surface area contributed by atoms with Gasteiger partial charge in [0.25, 0.3) is 0 Å². The molecule has 0 bridgehead atoms. The highest BCUT2D eigenvalue weighted by atomic mass is 16.6. The summed E-state index contributed by atoms with van der Waals surface area (Å²) in [6.45, 7) is 8.90. The maximum absolute atomic E-state index is 12.4. The Morgan fingerprint density at radius 1 is 1.28 bits per heavy atom. The van der Waals surface area contributed by atoms with Gasteiger partial charge in [0.2, 0.25) is 0 Å². The number of carbonyl (C=O) groups is 3. The first kappa shape index (κ1) is 17.4. The van der Waals surface area contributed by atoms with E-state index in [-0.39, 0.29) is 11.7 Å². The SMILES string of the molecule is C/C=C(/C)C(=O)O[C@@H]1CC(C)=C2C(=O)C=C(C)[C@H]2[C@@H]2OC(=O)C(C)=C21. The highest BCUT2D eigenvalue weighted by molar-refractivity contribution is 6.09. The van der Waals surface area contributed by atoms with Crippen LogP contribution in [0.3, 0.4) is 0 Å². The van der Waals surface area contributed by atoms with Gasteiger partial charge in [0.1, 0.15) is 12.2 Å². The Kier molecular flexibility index (Phi) is 4.27. The molecule has 0 unspecified atom stereocenters. The third-order valence-corrected chi connectivity index (χ3v) is 5.31. The number of ketones is 1. The predicted molar refractivity (Wildman–Crippen MR) is 91.5 cm³/mol. The van der Waals surface area contributed by atoms with E-state index in [1.54, 1.807) is 32.9 Å². The first-order chi connectivity index (χ1) is 11.8. The van der Waals surface area contributed by atoms with Crippen LogP contribution in [-0.2, 0) is 23.9 Å². The monoisotopic (exact) mass is 342 g/mol. The van der Waals surface area contributed by atoms with E-state index in [0.717, 1.165) is 11.1 Å². The van der Waals surface area contributed by atoms with E-state index in [1.807, 2.05) is 13.8 Å². The number of carbonyl (C=O) groups excluding carboxylic acids is 3. The van der Waals surface area contributed by atoms with Crippen molar-refractivity contribution in [3.05, 3.63) is 45.6 Å². The molecule has 0 spiro atoms. The van der Waals surface area contributed by atoms with Gasteiger partial charge in [0, 0.05) is 28.7 Å². The Labute approximate surface area is 147 Å². The second-order valence-electron chi connectivity index (χ2n) is 6.90. The van der Waals surface area contributed by atoms with Crippen molar-refractivity contribution < 1.29 is 23.9 Å². The van der Waals surface area contributed by atoms with Crippen molar-refractivity contribution in [3.8, 4) is 0 Å². The third kappa shape index (κ3) is 2.68. The molecule has 0 aromatic carbocycles. The average Bonchev–Trinajstić information content (AvgIpc) is 2.96. The van der Waals surface area contributed by atoms with E-state index in [1.165, 1.54) is 0 Å². The lowest BCUT2D eigenvalue weighted by Gasteiger charge is -2.25. The maximum atomic E-state index is 12.4. The second-order valence-corrected chi connectivity index (χ2v) is 6.90. The number of fused-ring (bicyclic) bond motifs is 3. The van der Waals surface area contributed by atoms with Gasteiger partial charge in [-0.05, 0) is 40.7 Å². The van der Waals surface area contributed by atoms with Gasteiger partial charge >= 0.3 is 11.9 Å². The van der Waals surface area contributed by atoms with Crippen molar-refractivity contribution in [2.24, 2.45) is 5.92 Å². The average molecular weight is 342 g/mol. The number of rotatable bonds is 2. The van der Waals surface area contributed by atoms with Crippen LogP contribution >= 0.6 is 0 Å². The van der Waals surface area contributed by atoms with Crippen molar-refractivity contribution in [2.75, 3.05) is 0 Å². The molecular weight excluding hydrogens is 320 g/mol. The summed E-state index contributed by atoms with van der Waals surface area (Å²) in [5.74, 6) is -1.16. The molecule has 0 saturated carbocycles. The molecule has 0 aromatic rings. The van der Waals surface area contributed by atoms with Crippen molar-refractivity contribution >= 4 is 17.7 Å². The van der Waals surface area contributed by atoms with Gasteiger partial charge < -0.3 is 9.47 Å². The third-order valence-electron chi connectivity index (χ3n) is 5.31. The second kappa shape index (κ2) is 6.14. The number of allylic oxidation sites excluding steroid dienone is 2. The molecule has 0 aromatic heterocycles. The molecule has 2 aliphatic carbocycles. The summed E-state index contributed by atoms with van der Waals surface area (Å²) in [6.07, 6.45) is 2.51. The Hall–Kier alpha value is -2.43. The Morgan fingerprint density at radius 3 is 2.60 bits per heavy atom. The Bertz CT molecular complexity index is 806. The predicted octanol–water partition coefficient (Wildman–Crippen LogP) is 2.97.